The van der Waals surface area contributed by atoms with E-state index < -0.39 is 11.5 Å². The molecule has 0 aromatic heterocycles. The molecule has 0 aliphatic carbocycles. The molecule has 0 saturated carbocycles. The molecule has 0 spiro atoms. The van der Waals surface area contributed by atoms with Gasteiger partial charge in [0.2, 0.25) is 5.91 Å². The highest BCUT2D eigenvalue weighted by Crippen LogP contribution is 2.13. The lowest BCUT2D eigenvalue weighted by atomic mass is 9.98. The van der Waals surface area contributed by atoms with Crippen molar-refractivity contribution in [2.24, 2.45) is 0 Å². The molecular weight excluding hydrogens is 357 g/mol. The molecule has 0 aliphatic rings. The molecular formula is C14H18INO3. The van der Waals surface area contributed by atoms with Gasteiger partial charge in [-0.25, -0.2) is 0 Å². The monoisotopic (exact) mass is 375 g/mol. The Morgan fingerprint density at radius 1 is 1.37 bits per heavy atom. The fourth-order valence-corrected chi connectivity index (χ4v) is 2.34. The third-order valence-corrected chi connectivity index (χ3v) is 3.37. The number of aliphatic carboxylic acids is 1. The van der Waals surface area contributed by atoms with Crippen molar-refractivity contribution >= 4 is 34.5 Å². The Hall–Kier alpha value is -1.11. The van der Waals surface area contributed by atoms with Gasteiger partial charge in [-0.2, -0.15) is 0 Å². The van der Waals surface area contributed by atoms with Crippen LogP contribution >= 0.6 is 22.6 Å². The average molecular weight is 375 g/mol. The highest BCUT2D eigenvalue weighted by atomic mass is 127. The van der Waals surface area contributed by atoms with Crippen molar-refractivity contribution in [3.8, 4) is 0 Å². The minimum Gasteiger partial charge on any atom is -0.481 e. The number of rotatable bonds is 6. The molecule has 1 rings (SSSR count). The fourth-order valence-electron chi connectivity index (χ4n) is 1.74. The summed E-state index contributed by atoms with van der Waals surface area (Å²) in [4.78, 5) is 22.5. The van der Waals surface area contributed by atoms with Crippen LogP contribution in [0, 0.1) is 3.57 Å². The van der Waals surface area contributed by atoms with Crippen molar-refractivity contribution < 1.29 is 14.7 Å². The minimum atomic E-state index is -0.847. The first kappa shape index (κ1) is 15.9. The number of carbonyl (C=O) groups excluding carboxylic acids is 1. The minimum absolute atomic E-state index is 0.0521. The third kappa shape index (κ3) is 6.56. The Morgan fingerprint density at radius 2 is 2.05 bits per heavy atom. The van der Waals surface area contributed by atoms with Crippen LogP contribution in [0.5, 0.6) is 0 Å². The van der Waals surface area contributed by atoms with Crippen molar-refractivity contribution in [3.05, 3.63) is 33.4 Å². The molecule has 0 atom stereocenters. The molecule has 0 fully saturated rings. The maximum absolute atomic E-state index is 11.9. The van der Waals surface area contributed by atoms with E-state index in [4.69, 9.17) is 5.11 Å². The van der Waals surface area contributed by atoms with Crippen molar-refractivity contribution in [2.45, 2.75) is 38.6 Å². The van der Waals surface area contributed by atoms with Crippen LogP contribution in [0.4, 0.5) is 0 Å². The van der Waals surface area contributed by atoms with E-state index in [0.717, 1.165) is 9.13 Å². The van der Waals surface area contributed by atoms with Crippen LogP contribution in [-0.2, 0) is 16.0 Å². The van der Waals surface area contributed by atoms with Gasteiger partial charge in [-0.05, 0) is 60.6 Å². The molecule has 4 nitrogen and oxygen atoms in total. The average Bonchev–Trinajstić information content (AvgIpc) is 2.25. The summed E-state index contributed by atoms with van der Waals surface area (Å²) in [5.74, 6) is -0.933. The summed E-state index contributed by atoms with van der Waals surface area (Å²) in [5, 5.41) is 11.5. The number of carbonyl (C=O) groups is 2. The summed E-state index contributed by atoms with van der Waals surface area (Å²) < 4.78 is 1.09. The lowest BCUT2D eigenvalue weighted by molar-refractivity contribution is -0.137. The van der Waals surface area contributed by atoms with E-state index in [2.05, 4.69) is 27.9 Å². The number of benzene rings is 1. The summed E-state index contributed by atoms with van der Waals surface area (Å²) in [7, 11) is 0. The smallest absolute Gasteiger partial charge is 0.303 e. The summed E-state index contributed by atoms with van der Waals surface area (Å²) in [6, 6.07) is 7.76. The molecule has 104 valence electrons. The second kappa shape index (κ2) is 6.88. The van der Waals surface area contributed by atoms with E-state index in [1.807, 2.05) is 38.1 Å². The zero-order valence-corrected chi connectivity index (χ0v) is 13.2. The number of hydrogen-bond acceptors (Lipinski definition) is 2. The first-order chi connectivity index (χ1) is 8.78. The van der Waals surface area contributed by atoms with E-state index in [-0.39, 0.29) is 12.3 Å². The zero-order chi connectivity index (χ0) is 14.5. The second-order valence-electron chi connectivity index (χ2n) is 5.13. The first-order valence-corrected chi connectivity index (χ1v) is 7.14. The van der Waals surface area contributed by atoms with Gasteiger partial charge in [-0.15, -0.1) is 0 Å². The predicted molar refractivity (Wildman–Crippen MR) is 82.0 cm³/mol. The number of nitrogens with one attached hydrogen (secondary N) is 1. The molecule has 0 bridgehead atoms. The largest absolute Gasteiger partial charge is 0.481 e. The van der Waals surface area contributed by atoms with Crippen LogP contribution in [0.2, 0.25) is 0 Å². The van der Waals surface area contributed by atoms with Crippen LogP contribution in [-0.4, -0.2) is 22.5 Å². The van der Waals surface area contributed by atoms with Gasteiger partial charge in [0, 0.05) is 15.5 Å². The van der Waals surface area contributed by atoms with Crippen LogP contribution < -0.4 is 5.32 Å². The lowest BCUT2D eigenvalue weighted by Gasteiger charge is -2.25. The SMILES string of the molecule is CC(C)(CCC(=O)O)NC(=O)Cc1cccc(I)c1. The van der Waals surface area contributed by atoms with E-state index in [1.54, 1.807) is 0 Å². The molecule has 0 saturated heterocycles. The molecule has 1 amide bonds. The molecule has 1 aromatic carbocycles. The summed E-state index contributed by atoms with van der Waals surface area (Å²) in [5.41, 5.74) is 0.454. The number of halogens is 1. The number of carboxylic acids is 1. The van der Waals surface area contributed by atoms with Crippen LogP contribution in [0.15, 0.2) is 24.3 Å². The van der Waals surface area contributed by atoms with E-state index in [9.17, 15) is 9.59 Å². The van der Waals surface area contributed by atoms with E-state index in [1.165, 1.54) is 0 Å². The Kier molecular flexibility index (Phi) is 5.78. The molecule has 0 radical (unpaired) electrons. The molecule has 0 unspecified atom stereocenters. The maximum atomic E-state index is 11.9. The highest BCUT2D eigenvalue weighted by Gasteiger charge is 2.21. The van der Waals surface area contributed by atoms with Gasteiger partial charge in [0.1, 0.15) is 0 Å². The zero-order valence-electron chi connectivity index (χ0n) is 11.1. The topological polar surface area (TPSA) is 66.4 Å². The standard InChI is InChI=1S/C14H18INO3/c1-14(2,7-6-13(18)19)16-12(17)9-10-4-3-5-11(15)8-10/h3-5,8H,6-7,9H2,1-2H3,(H,16,17)(H,18,19). The predicted octanol–water partition coefficient (Wildman–Crippen LogP) is 2.59. The van der Waals surface area contributed by atoms with Gasteiger partial charge in [0.25, 0.3) is 0 Å². The maximum Gasteiger partial charge on any atom is 0.303 e. The highest BCUT2D eigenvalue weighted by molar-refractivity contribution is 14.1. The van der Waals surface area contributed by atoms with Gasteiger partial charge < -0.3 is 10.4 Å². The van der Waals surface area contributed by atoms with Crippen molar-refractivity contribution in [2.75, 3.05) is 0 Å². The summed E-state index contributed by atoms with van der Waals surface area (Å²) >= 11 is 2.20. The number of carboxylic acid groups (broad SMARTS) is 1. The quantitative estimate of drug-likeness (QED) is 0.752. The van der Waals surface area contributed by atoms with Crippen molar-refractivity contribution in [1.29, 1.82) is 0 Å². The van der Waals surface area contributed by atoms with E-state index >= 15 is 0 Å². The first-order valence-electron chi connectivity index (χ1n) is 6.06. The van der Waals surface area contributed by atoms with E-state index in [0.29, 0.717) is 12.8 Å². The second-order valence-corrected chi connectivity index (χ2v) is 6.38. The Balaban J connectivity index is 2.52. The Bertz CT molecular complexity index is 472. The van der Waals surface area contributed by atoms with Gasteiger partial charge in [0.05, 0.1) is 6.42 Å². The molecule has 19 heavy (non-hydrogen) atoms. The fraction of sp³-hybridized carbons (Fsp3) is 0.429. The molecule has 1 aromatic rings. The van der Waals surface area contributed by atoms with Crippen LogP contribution in [0.1, 0.15) is 32.3 Å². The molecule has 2 N–H and O–H groups in total. The summed E-state index contributed by atoms with van der Waals surface area (Å²) in [6.07, 6.45) is 0.782. The molecule has 0 heterocycles. The number of amides is 1. The Morgan fingerprint density at radius 3 is 2.63 bits per heavy atom. The molecule has 5 heteroatoms. The number of hydrogen-bond donors (Lipinski definition) is 2. The van der Waals surface area contributed by atoms with Crippen molar-refractivity contribution in [3.63, 3.8) is 0 Å². The third-order valence-electron chi connectivity index (χ3n) is 2.70. The van der Waals surface area contributed by atoms with Gasteiger partial charge in [-0.3, -0.25) is 9.59 Å². The van der Waals surface area contributed by atoms with Crippen LogP contribution in [0.25, 0.3) is 0 Å². The van der Waals surface area contributed by atoms with Gasteiger partial charge >= 0.3 is 5.97 Å². The summed E-state index contributed by atoms with van der Waals surface area (Å²) in [6.45, 7) is 3.67. The van der Waals surface area contributed by atoms with Crippen LogP contribution in [0.3, 0.4) is 0 Å². The lowest BCUT2D eigenvalue weighted by Crippen LogP contribution is -2.44. The molecule has 0 aliphatic heterocycles. The van der Waals surface area contributed by atoms with Crippen molar-refractivity contribution in [1.82, 2.24) is 5.32 Å². The van der Waals surface area contributed by atoms with Gasteiger partial charge in [-0.1, -0.05) is 12.1 Å². The Labute approximate surface area is 126 Å². The van der Waals surface area contributed by atoms with Gasteiger partial charge in [0.15, 0.2) is 0 Å². The normalized spacial score (nSPS) is 11.1.